The van der Waals surface area contributed by atoms with Gasteiger partial charge in [-0.15, -0.1) is 11.3 Å². The molecule has 0 spiro atoms. The van der Waals surface area contributed by atoms with E-state index in [0.717, 1.165) is 18.4 Å². The summed E-state index contributed by atoms with van der Waals surface area (Å²) in [7, 11) is 0. The Balaban J connectivity index is 1.94. The Morgan fingerprint density at radius 1 is 1.38 bits per heavy atom. The van der Waals surface area contributed by atoms with Crippen LogP contribution < -0.4 is 5.32 Å². The first-order valence-corrected chi connectivity index (χ1v) is 9.47. The van der Waals surface area contributed by atoms with Gasteiger partial charge in [0.05, 0.1) is 0 Å². The Hall–Kier alpha value is -0.380. The Morgan fingerprint density at radius 2 is 2.19 bits per heavy atom. The average Bonchev–Trinajstić information content (AvgIpc) is 2.98. The molecule has 2 nitrogen and oxygen atoms in total. The smallest absolute Gasteiger partial charge is 0.0223 e. The molecule has 1 aliphatic heterocycles. The molecule has 120 valence electrons. The second-order valence-corrected chi connectivity index (χ2v) is 8.04. The van der Waals surface area contributed by atoms with Gasteiger partial charge in [0.2, 0.25) is 0 Å². The molecule has 3 unspecified atom stereocenters. The minimum Gasteiger partial charge on any atom is -0.311 e. The monoisotopic (exact) mass is 308 g/mol. The number of rotatable bonds is 7. The van der Waals surface area contributed by atoms with Crippen LogP contribution in [0, 0.1) is 11.8 Å². The van der Waals surface area contributed by atoms with Gasteiger partial charge < -0.3 is 5.32 Å². The van der Waals surface area contributed by atoms with E-state index < -0.39 is 0 Å². The quantitative estimate of drug-likeness (QED) is 0.818. The number of nitrogens with one attached hydrogen (secondary N) is 1. The largest absolute Gasteiger partial charge is 0.311 e. The van der Waals surface area contributed by atoms with Crippen LogP contribution in [0.15, 0.2) is 17.5 Å². The Labute approximate surface area is 134 Å². The van der Waals surface area contributed by atoms with Crippen LogP contribution in [0.3, 0.4) is 0 Å². The zero-order valence-electron chi connectivity index (χ0n) is 14.1. The summed E-state index contributed by atoms with van der Waals surface area (Å²) in [5, 5.41) is 6.00. The normalized spacial score (nSPS) is 25.4. The van der Waals surface area contributed by atoms with Gasteiger partial charge in [0, 0.05) is 36.6 Å². The summed E-state index contributed by atoms with van der Waals surface area (Å²) >= 11 is 1.90. The summed E-state index contributed by atoms with van der Waals surface area (Å²) in [4.78, 5) is 4.28. The molecule has 3 heteroatoms. The molecule has 1 aromatic heterocycles. The van der Waals surface area contributed by atoms with Gasteiger partial charge in [-0.2, -0.15) is 0 Å². The molecule has 3 atom stereocenters. The number of hydrogen-bond acceptors (Lipinski definition) is 3. The molecular weight excluding hydrogens is 276 g/mol. The summed E-state index contributed by atoms with van der Waals surface area (Å²) in [5.74, 6) is 1.55. The summed E-state index contributed by atoms with van der Waals surface area (Å²) in [6, 6.07) is 5.83. The minimum atomic E-state index is 0.668. The maximum absolute atomic E-state index is 3.81. The Bertz CT molecular complexity index is 388. The second kappa shape index (κ2) is 8.30. The fraction of sp³-hybridized carbons (Fsp3) is 0.778. The van der Waals surface area contributed by atoms with Gasteiger partial charge in [-0.1, -0.05) is 40.2 Å². The van der Waals surface area contributed by atoms with Crippen molar-refractivity contribution in [1.82, 2.24) is 10.2 Å². The lowest BCUT2D eigenvalue weighted by Gasteiger charge is -2.43. The molecule has 0 aliphatic carbocycles. The van der Waals surface area contributed by atoms with E-state index in [-0.39, 0.29) is 0 Å². The summed E-state index contributed by atoms with van der Waals surface area (Å²) in [6.07, 6.45) is 3.79. The van der Waals surface area contributed by atoms with E-state index in [1.54, 1.807) is 0 Å². The Kier molecular flexibility index (Phi) is 6.72. The van der Waals surface area contributed by atoms with E-state index >= 15 is 0 Å². The fourth-order valence-electron chi connectivity index (χ4n) is 3.31. The average molecular weight is 309 g/mol. The fourth-order valence-corrected chi connectivity index (χ4v) is 4.01. The third kappa shape index (κ3) is 5.08. The lowest BCUT2D eigenvalue weighted by atomic mass is 9.92. The van der Waals surface area contributed by atoms with Gasteiger partial charge in [-0.25, -0.2) is 0 Å². The third-order valence-corrected chi connectivity index (χ3v) is 5.80. The summed E-state index contributed by atoms with van der Waals surface area (Å²) in [5.41, 5.74) is 0. The highest BCUT2D eigenvalue weighted by molar-refractivity contribution is 7.09. The number of hydrogen-bond donors (Lipinski definition) is 1. The van der Waals surface area contributed by atoms with Gasteiger partial charge in [-0.3, -0.25) is 4.90 Å². The first-order chi connectivity index (χ1) is 10.1. The van der Waals surface area contributed by atoms with E-state index in [0.29, 0.717) is 12.1 Å². The van der Waals surface area contributed by atoms with Crippen molar-refractivity contribution in [3.8, 4) is 0 Å². The zero-order chi connectivity index (χ0) is 15.2. The molecule has 2 rings (SSSR count). The molecular formula is C18H32N2S. The van der Waals surface area contributed by atoms with Crippen LogP contribution in [0.5, 0.6) is 0 Å². The van der Waals surface area contributed by atoms with E-state index in [2.05, 4.69) is 55.4 Å². The second-order valence-electron chi connectivity index (χ2n) is 7.01. The molecule has 1 N–H and O–H groups in total. The molecule has 1 aliphatic rings. The molecule has 21 heavy (non-hydrogen) atoms. The van der Waals surface area contributed by atoms with Gasteiger partial charge >= 0.3 is 0 Å². The molecule has 0 bridgehead atoms. The molecule has 1 fully saturated rings. The highest BCUT2D eigenvalue weighted by atomic mass is 32.1. The van der Waals surface area contributed by atoms with Crippen molar-refractivity contribution < 1.29 is 0 Å². The molecule has 2 heterocycles. The summed E-state index contributed by atoms with van der Waals surface area (Å²) in [6.45, 7) is 13.0. The maximum atomic E-state index is 3.81. The van der Waals surface area contributed by atoms with Crippen molar-refractivity contribution in [2.75, 3.05) is 19.6 Å². The molecule has 0 saturated carbocycles. The van der Waals surface area contributed by atoms with Gasteiger partial charge in [0.1, 0.15) is 0 Å². The highest BCUT2D eigenvalue weighted by Gasteiger charge is 2.30. The minimum absolute atomic E-state index is 0.668. The predicted molar refractivity (Wildman–Crippen MR) is 94.1 cm³/mol. The number of thiophene rings is 1. The first kappa shape index (κ1) is 17.0. The SMILES string of the molecule is CCC(C)C1CN(CCc2cccs2)C(CC(C)C)CN1. The first-order valence-electron chi connectivity index (χ1n) is 8.60. The van der Waals surface area contributed by atoms with Crippen molar-refractivity contribution in [3.63, 3.8) is 0 Å². The number of nitrogens with zero attached hydrogens (tertiary/aromatic N) is 1. The summed E-state index contributed by atoms with van der Waals surface area (Å²) < 4.78 is 0. The molecule has 0 radical (unpaired) electrons. The standard InChI is InChI=1S/C18H32N2S/c1-5-15(4)18-13-20(9-8-17-7-6-10-21-17)16(12-19-18)11-14(2)3/h6-7,10,14-16,18-19H,5,8-9,11-13H2,1-4H3. The molecule has 1 aromatic rings. The van der Waals surface area contributed by atoms with Crippen LogP contribution in [0.25, 0.3) is 0 Å². The van der Waals surface area contributed by atoms with Gasteiger partial charge in [0.15, 0.2) is 0 Å². The van der Waals surface area contributed by atoms with E-state index in [4.69, 9.17) is 0 Å². The molecule has 0 aromatic carbocycles. The van der Waals surface area contributed by atoms with E-state index in [1.807, 2.05) is 11.3 Å². The predicted octanol–water partition coefficient (Wildman–Crippen LogP) is 4.03. The lowest BCUT2D eigenvalue weighted by Crippen LogP contribution is -2.58. The van der Waals surface area contributed by atoms with Crippen LogP contribution in [0.4, 0.5) is 0 Å². The van der Waals surface area contributed by atoms with Crippen LogP contribution in [-0.4, -0.2) is 36.6 Å². The Morgan fingerprint density at radius 3 is 2.81 bits per heavy atom. The van der Waals surface area contributed by atoms with Crippen molar-refractivity contribution in [2.24, 2.45) is 11.8 Å². The van der Waals surface area contributed by atoms with Crippen LogP contribution >= 0.6 is 11.3 Å². The van der Waals surface area contributed by atoms with Crippen molar-refractivity contribution in [1.29, 1.82) is 0 Å². The van der Waals surface area contributed by atoms with E-state index in [1.165, 1.54) is 37.2 Å². The van der Waals surface area contributed by atoms with Crippen LogP contribution in [0.2, 0.25) is 0 Å². The lowest BCUT2D eigenvalue weighted by molar-refractivity contribution is 0.0971. The topological polar surface area (TPSA) is 15.3 Å². The molecule has 0 amide bonds. The maximum Gasteiger partial charge on any atom is 0.0223 e. The van der Waals surface area contributed by atoms with Crippen molar-refractivity contribution in [3.05, 3.63) is 22.4 Å². The van der Waals surface area contributed by atoms with Gasteiger partial charge in [-0.05, 0) is 36.1 Å². The third-order valence-electron chi connectivity index (χ3n) is 4.86. The molecule has 1 saturated heterocycles. The van der Waals surface area contributed by atoms with Crippen molar-refractivity contribution in [2.45, 2.75) is 59.0 Å². The highest BCUT2D eigenvalue weighted by Crippen LogP contribution is 2.21. The van der Waals surface area contributed by atoms with Gasteiger partial charge in [0.25, 0.3) is 0 Å². The zero-order valence-corrected chi connectivity index (χ0v) is 15.0. The van der Waals surface area contributed by atoms with Crippen LogP contribution in [-0.2, 0) is 6.42 Å². The van der Waals surface area contributed by atoms with E-state index in [9.17, 15) is 0 Å². The number of piperazine rings is 1. The van der Waals surface area contributed by atoms with Crippen molar-refractivity contribution >= 4 is 11.3 Å². The van der Waals surface area contributed by atoms with Crippen LogP contribution in [0.1, 0.15) is 45.4 Å².